The van der Waals surface area contributed by atoms with Crippen molar-refractivity contribution in [1.29, 1.82) is 0 Å². The van der Waals surface area contributed by atoms with Gasteiger partial charge in [0.15, 0.2) is 5.82 Å². The van der Waals surface area contributed by atoms with E-state index in [2.05, 4.69) is 10.3 Å². The van der Waals surface area contributed by atoms with E-state index in [0.717, 1.165) is 34.3 Å². The summed E-state index contributed by atoms with van der Waals surface area (Å²) in [5.41, 5.74) is 3.66. The van der Waals surface area contributed by atoms with Gasteiger partial charge in [0.1, 0.15) is 10.6 Å². The Kier molecular flexibility index (Phi) is 5.11. The fourth-order valence-corrected chi connectivity index (χ4v) is 5.24. The van der Waals surface area contributed by atoms with Gasteiger partial charge in [0.25, 0.3) is 0 Å². The molecule has 5 rings (SSSR count). The molecule has 0 bridgehead atoms. The zero-order chi connectivity index (χ0) is 21.4. The maximum absolute atomic E-state index is 13.1. The molecule has 5 nitrogen and oxygen atoms in total. The minimum absolute atomic E-state index is 0.160. The van der Waals surface area contributed by atoms with Crippen LogP contribution in [-0.4, -0.2) is 21.0 Å². The van der Waals surface area contributed by atoms with Crippen LogP contribution in [0.1, 0.15) is 39.2 Å². The number of rotatable bonds is 5. The molecule has 1 aliphatic rings. The number of hydrogen-bond acceptors (Lipinski definition) is 5. The van der Waals surface area contributed by atoms with Crippen molar-refractivity contribution in [3.63, 3.8) is 0 Å². The van der Waals surface area contributed by atoms with Crippen molar-refractivity contribution in [3.8, 4) is 11.4 Å². The molecule has 2 heterocycles. The number of carboxylic acids is 1. The summed E-state index contributed by atoms with van der Waals surface area (Å²) < 4.78 is 13.1. The van der Waals surface area contributed by atoms with E-state index in [1.165, 1.54) is 35.4 Å². The average molecular weight is 434 g/mol. The molecule has 31 heavy (non-hydrogen) atoms. The number of benzene rings is 2. The minimum atomic E-state index is -1.02. The Balaban J connectivity index is 1.50. The predicted molar refractivity (Wildman–Crippen MR) is 120 cm³/mol. The third kappa shape index (κ3) is 3.88. The number of carbonyl (C=O) groups is 1. The van der Waals surface area contributed by atoms with Crippen molar-refractivity contribution < 1.29 is 14.3 Å². The van der Waals surface area contributed by atoms with E-state index in [1.54, 1.807) is 41.7 Å². The topological polar surface area (TPSA) is 75.1 Å². The molecular weight excluding hydrogens is 413 g/mol. The quantitative estimate of drug-likeness (QED) is 0.423. The Hall–Kier alpha value is -3.32. The first-order valence-corrected chi connectivity index (χ1v) is 11.0. The zero-order valence-electron chi connectivity index (χ0n) is 16.7. The summed E-state index contributed by atoms with van der Waals surface area (Å²) in [5, 5.41) is 14.0. The summed E-state index contributed by atoms with van der Waals surface area (Å²) in [6, 6.07) is 11.3. The van der Waals surface area contributed by atoms with Crippen LogP contribution in [0.4, 0.5) is 10.1 Å². The molecule has 2 N–H and O–H groups in total. The number of carboxylic acid groups (broad SMARTS) is 1. The largest absolute Gasteiger partial charge is 0.478 e. The van der Waals surface area contributed by atoms with Crippen LogP contribution in [-0.2, 0) is 19.4 Å². The molecule has 0 fully saturated rings. The molecule has 0 amide bonds. The number of hydrogen-bond donors (Lipinski definition) is 2. The normalized spacial score (nSPS) is 13.2. The van der Waals surface area contributed by atoms with E-state index in [0.29, 0.717) is 17.9 Å². The lowest BCUT2D eigenvalue weighted by atomic mass is 9.97. The van der Waals surface area contributed by atoms with Crippen LogP contribution in [0.5, 0.6) is 0 Å². The maximum atomic E-state index is 13.1. The molecular formula is C24H20FN3O2S. The van der Waals surface area contributed by atoms with E-state index < -0.39 is 5.97 Å². The summed E-state index contributed by atoms with van der Waals surface area (Å²) in [5.74, 6) is -0.886. The van der Waals surface area contributed by atoms with Gasteiger partial charge in [-0.25, -0.2) is 19.2 Å². The highest BCUT2D eigenvalue weighted by Crippen LogP contribution is 2.36. The van der Waals surface area contributed by atoms with Crippen molar-refractivity contribution >= 4 is 33.2 Å². The van der Waals surface area contributed by atoms with Gasteiger partial charge in [-0.05, 0) is 67.1 Å². The Morgan fingerprint density at radius 3 is 2.74 bits per heavy atom. The van der Waals surface area contributed by atoms with Crippen molar-refractivity contribution in [3.05, 3.63) is 76.0 Å². The lowest BCUT2D eigenvalue weighted by Gasteiger charge is -2.11. The molecule has 0 radical (unpaired) electrons. The molecule has 0 saturated carbocycles. The fraction of sp³-hybridized carbons (Fsp3) is 0.208. The number of nitrogens with zero attached hydrogens (tertiary/aromatic N) is 2. The number of anilines is 1. The first-order chi connectivity index (χ1) is 15.1. The van der Waals surface area contributed by atoms with Crippen LogP contribution in [0.25, 0.3) is 21.6 Å². The lowest BCUT2D eigenvalue weighted by Crippen LogP contribution is -2.05. The third-order valence-electron chi connectivity index (χ3n) is 5.62. The molecule has 0 atom stereocenters. The number of thiophene rings is 1. The van der Waals surface area contributed by atoms with Crippen molar-refractivity contribution in [2.45, 2.75) is 32.2 Å². The van der Waals surface area contributed by atoms with Gasteiger partial charge in [-0.3, -0.25) is 0 Å². The number of halogens is 1. The fourth-order valence-electron chi connectivity index (χ4n) is 4.00. The smallest absolute Gasteiger partial charge is 0.336 e. The standard InChI is InChI=1S/C24H20FN3O2S/c25-15-7-5-14(6-8-15)12-26-16-9-10-18(24(29)30)19(11-16)22-27-13-20-17-3-1-2-4-21(17)31-23(20)28-22/h5-11,13,26H,1-4,12H2,(H,29,30). The second kappa shape index (κ2) is 8.07. The Morgan fingerprint density at radius 1 is 1.13 bits per heavy atom. The third-order valence-corrected chi connectivity index (χ3v) is 6.82. The Morgan fingerprint density at radius 2 is 1.94 bits per heavy atom. The van der Waals surface area contributed by atoms with E-state index in [1.807, 2.05) is 6.20 Å². The van der Waals surface area contributed by atoms with Gasteiger partial charge in [0.05, 0.1) is 5.56 Å². The van der Waals surface area contributed by atoms with Gasteiger partial charge in [-0.15, -0.1) is 11.3 Å². The van der Waals surface area contributed by atoms with Gasteiger partial charge in [-0.2, -0.15) is 0 Å². The van der Waals surface area contributed by atoms with Gasteiger partial charge >= 0.3 is 5.97 Å². The number of fused-ring (bicyclic) bond motifs is 3. The van der Waals surface area contributed by atoms with E-state index in [-0.39, 0.29) is 11.4 Å². The second-order valence-corrected chi connectivity index (χ2v) is 8.75. The SMILES string of the molecule is O=C(O)c1ccc(NCc2ccc(F)cc2)cc1-c1ncc2c3c(sc2n1)CCCC3. The van der Waals surface area contributed by atoms with E-state index in [9.17, 15) is 14.3 Å². The zero-order valence-corrected chi connectivity index (χ0v) is 17.5. The highest BCUT2D eigenvalue weighted by atomic mass is 32.1. The summed E-state index contributed by atoms with van der Waals surface area (Å²) >= 11 is 1.69. The van der Waals surface area contributed by atoms with Crippen molar-refractivity contribution in [1.82, 2.24) is 9.97 Å². The molecule has 7 heteroatoms. The van der Waals surface area contributed by atoms with Gasteiger partial charge in [0, 0.05) is 34.3 Å². The Labute approximate surface area is 182 Å². The van der Waals surface area contributed by atoms with Crippen LogP contribution in [0.3, 0.4) is 0 Å². The summed E-state index contributed by atoms with van der Waals surface area (Å²) in [4.78, 5) is 23.4. The van der Waals surface area contributed by atoms with Gasteiger partial charge in [-0.1, -0.05) is 12.1 Å². The molecule has 1 aliphatic carbocycles. The van der Waals surface area contributed by atoms with Gasteiger partial charge in [0.2, 0.25) is 0 Å². The number of nitrogens with one attached hydrogen (secondary N) is 1. The molecule has 156 valence electrons. The van der Waals surface area contributed by atoms with Crippen molar-refractivity contribution in [2.75, 3.05) is 5.32 Å². The molecule has 0 aliphatic heterocycles. The molecule has 0 unspecified atom stereocenters. The molecule has 0 spiro atoms. The van der Waals surface area contributed by atoms with Crippen LogP contribution in [0.2, 0.25) is 0 Å². The molecule has 2 aromatic heterocycles. The highest BCUT2D eigenvalue weighted by Gasteiger charge is 2.20. The van der Waals surface area contributed by atoms with Crippen LogP contribution >= 0.6 is 11.3 Å². The van der Waals surface area contributed by atoms with Crippen LogP contribution in [0.15, 0.2) is 48.7 Å². The molecule has 4 aromatic rings. The number of aromatic carboxylic acids is 1. The summed E-state index contributed by atoms with van der Waals surface area (Å²) in [6.07, 6.45) is 6.36. The minimum Gasteiger partial charge on any atom is -0.478 e. The second-order valence-electron chi connectivity index (χ2n) is 7.67. The summed E-state index contributed by atoms with van der Waals surface area (Å²) in [7, 11) is 0. The maximum Gasteiger partial charge on any atom is 0.336 e. The number of aryl methyl sites for hydroxylation is 2. The van der Waals surface area contributed by atoms with E-state index in [4.69, 9.17) is 4.98 Å². The average Bonchev–Trinajstić information content (AvgIpc) is 3.16. The predicted octanol–water partition coefficient (Wildman–Crippen LogP) is 5.69. The first kappa shape index (κ1) is 19.6. The molecule has 2 aromatic carbocycles. The monoisotopic (exact) mass is 433 g/mol. The first-order valence-electron chi connectivity index (χ1n) is 10.2. The molecule has 0 saturated heterocycles. The van der Waals surface area contributed by atoms with Gasteiger partial charge < -0.3 is 10.4 Å². The highest BCUT2D eigenvalue weighted by molar-refractivity contribution is 7.18. The van der Waals surface area contributed by atoms with Crippen LogP contribution < -0.4 is 5.32 Å². The summed E-state index contributed by atoms with van der Waals surface area (Å²) in [6.45, 7) is 0.490. The number of aromatic nitrogens is 2. The van der Waals surface area contributed by atoms with Crippen LogP contribution in [0, 0.1) is 5.82 Å². The Bertz CT molecular complexity index is 1280. The van der Waals surface area contributed by atoms with E-state index >= 15 is 0 Å². The van der Waals surface area contributed by atoms with Crippen molar-refractivity contribution in [2.24, 2.45) is 0 Å². The lowest BCUT2D eigenvalue weighted by molar-refractivity contribution is 0.0697.